The number of hydrogen-bond donors (Lipinski definition) is 1. The van der Waals surface area contributed by atoms with E-state index in [-0.39, 0.29) is 11.4 Å². The second-order valence-electron chi connectivity index (χ2n) is 6.25. The van der Waals surface area contributed by atoms with Gasteiger partial charge in [-0.15, -0.1) is 0 Å². The fourth-order valence-electron chi connectivity index (χ4n) is 3.00. The second-order valence-corrected chi connectivity index (χ2v) is 8.19. The van der Waals surface area contributed by atoms with Crippen LogP contribution < -0.4 is 10.1 Å². The van der Waals surface area contributed by atoms with Gasteiger partial charge in [0.15, 0.2) is 5.75 Å². The zero-order valence-electron chi connectivity index (χ0n) is 14.9. The fraction of sp³-hybridized carbons (Fsp3) is 0.333. The Hall–Kier alpha value is -2.65. The monoisotopic (exact) mass is 391 g/mol. The molecular weight excluding hydrogens is 370 g/mol. The highest BCUT2D eigenvalue weighted by atomic mass is 32.2. The number of nitro benzene ring substituents is 1. The van der Waals surface area contributed by atoms with Crippen molar-refractivity contribution in [3.63, 3.8) is 0 Å². The Morgan fingerprint density at radius 2 is 1.81 bits per heavy atom. The third kappa shape index (κ3) is 4.20. The molecule has 0 atom stereocenters. The van der Waals surface area contributed by atoms with Crippen LogP contribution in [0.3, 0.4) is 0 Å². The zero-order valence-corrected chi connectivity index (χ0v) is 15.7. The number of ether oxygens (including phenoxy) is 1. The Kier molecular flexibility index (Phi) is 5.62. The highest BCUT2D eigenvalue weighted by Crippen LogP contribution is 2.30. The molecular formula is C18H21N3O5S. The van der Waals surface area contributed by atoms with Crippen molar-refractivity contribution < 1.29 is 18.1 Å². The normalized spacial score (nSPS) is 14.9. The number of methoxy groups -OCH3 is 1. The average Bonchev–Trinajstić information content (AvgIpc) is 3.22. The van der Waals surface area contributed by atoms with Gasteiger partial charge in [0.1, 0.15) is 0 Å². The number of nitrogens with zero attached hydrogens (tertiary/aromatic N) is 2. The molecule has 1 saturated heterocycles. The van der Waals surface area contributed by atoms with Crippen molar-refractivity contribution in [3.8, 4) is 5.75 Å². The van der Waals surface area contributed by atoms with Crippen LogP contribution in [0.15, 0.2) is 47.4 Å². The maximum absolute atomic E-state index is 12.5. The Morgan fingerprint density at radius 3 is 2.41 bits per heavy atom. The van der Waals surface area contributed by atoms with E-state index in [1.54, 1.807) is 36.4 Å². The summed E-state index contributed by atoms with van der Waals surface area (Å²) in [6.45, 7) is 1.60. The van der Waals surface area contributed by atoms with E-state index in [1.807, 2.05) is 0 Å². The number of benzene rings is 2. The molecule has 0 spiro atoms. The molecule has 2 aromatic rings. The lowest BCUT2D eigenvalue weighted by Gasteiger charge is -2.15. The first-order chi connectivity index (χ1) is 12.9. The standard InChI is InChI=1S/C18H21N3O5S/c1-26-18-12-15(6-9-17(18)21(22)23)19-13-14-4-7-16(8-5-14)27(24,25)20-10-2-3-11-20/h4-9,12,19H,2-3,10-11,13H2,1H3. The van der Waals surface area contributed by atoms with E-state index >= 15 is 0 Å². The highest BCUT2D eigenvalue weighted by molar-refractivity contribution is 7.89. The lowest BCUT2D eigenvalue weighted by atomic mass is 10.2. The summed E-state index contributed by atoms with van der Waals surface area (Å²) in [4.78, 5) is 10.7. The molecule has 0 unspecified atom stereocenters. The van der Waals surface area contributed by atoms with Gasteiger partial charge >= 0.3 is 5.69 Å². The summed E-state index contributed by atoms with van der Waals surface area (Å²) in [7, 11) is -2.03. The lowest BCUT2D eigenvalue weighted by molar-refractivity contribution is -0.385. The number of anilines is 1. The summed E-state index contributed by atoms with van der Waals surface area (Å²) in [5, 5.41) is 14.1. The molecule has 1 heterocycles. The van der Waals surface area contributed by atoms with Crippen molar-refractivity contribution in [3.05, 3.63) is 58.1 Å². The second kappa shape index (κ2) is 7.93. The molecule has 9 heteroatoms. The first-order valence-electron chi connectivity index (χ1n) is 8.57. The molecule has 0 amide bonds. The topological polar surface area (TPSA) is 102 Å². The summed E-state index contributed by atoms with van der Waals surface area (Å²) < 4.78 is 31.6. The van der Waals surface area contributed by atoms with Crippen molar-refractivity contribution in [2.24, 2.45) is 0 Å². The van der Waals surface area contributed by atoms with Gasteiger partial charge in [-0.1, -0.05) is 12.1 Å². The molecule has 1 aliphatic heterocycles. The lowest BCUT2D eigenvalue weighted by Crippen LogP contribution is -2.27. The molecule has 27 heavy (non-hydrogen) atoms. The van der Waals surface area contributed by atoms with E-state index in [0.717, 1.165) is 18.4 Å². The van der Waals surface area contributed by atoms with Crippen LogP contribution in [0.5, 0.6) is 5.75 Å². The zero-order chi connectivity index (χ0) is 19.4. The van der Waals surface area contributed by atoms with E-state index in [0.29, 0.717) is 30.2 Å². The van der Waals surface area contributed by atoms with Crippen LogP contribution in [0.25, 0.3) is 0 Å². The molecule has 1 aliphatic rings. The van der Waals surface area contributed by atoms with Gasteiger partial charge in [-0.05, 0) is 36.6 Å². The van der Waals surface area contributed by atoms with Gasteiger partial charge in [-0.2, -0.15) is 4.31 Å². The first-order valence-corrected chi connectivity index (χ1v) is 10.0. The van der Waals surface area contributed by atoms with Crippen molar-refractivity contribution in [1.29, 1.82) is 0 Å². The van der Waals surface area contributed by atoms with Crippen LogP contribution in [0.4, 0.5) is 11.4 Å². The molecule has 0 bridgehead atoms. The van der Waals surface area contributed by atoms with E-state index in [1.165, 1.54) is 17.5 Å². The van der Waals surface area contributed by atoms with E-state index < -0.39 is 14.9 Å². The quantitative estimate of drug-likeness (QED) is 0.575. The van der Waals surface area contributed by atoms with Crippen LogP contribution in [0.1, 0.15) is 18.4 Å². The number of hydrogen-bond acceptors (Lipinski definition) is 6. The van der Waals surface area contributed by atoms with Crippen LogP contribution in [0, 0.1) is 10.1 Å². The highest BCUT2D eigenvalue weighted by Gasteiger charge is 2.26. The minimum absolute atomic E-state index is 0.0977. The largest absolute Gasteiger partial charge is 0.490 e. The molecule has 8 nitrogen and oxygen atoms in total. The molecule has 1 fully saturated rings. The molecule has 1 N–H and O–H groups in total. The van der Waals surface area contributed by atoms with Crippen LogP contribution in [-0.4, -0.2) is 37.8 Å². The van der Waals surface area contributed by atoms with Crippen LogP contribution in [0.2, 0.25) is 0 Å². The molecule has 0 aliphatic carbocycles. The Morgan fingerprint density at radius 1 is 1.15 bits per heavy atom. The van der Waals surface area contributed by atoms with Gasteiger partial charge in [-0.3, -0.25) is 10.1 Å². The van der Waals surface area contributed by atoms with Crippen molar-refractivity contribution in [2.45, 2.75) is 24.3 Å². The van der Waals surface area contributed by atoms with E-state index in [4.69, 9.17) is 4.74 Å². The SMILES string of the molecule is COc1cc(NCc2ccc(S(=O)(=O)N3CCCC3)cc2)ccc1[N+](=O)[O-]. The van der Waals surface area contributed by atoms with Crippen LogP contribution >= 0.6 is 0 Å². The fourth-order valence-corrected chi connectivity index (χ4v) is 4.52. The van der Waals surface area contributed by atoms with Gasteiger partial charge < -0.3 is 10.1 Å². The van der Waals surface area contributed by atoms with Crippen molar-refractivity contribution >= 4 is 21.4 Å². The molecule has 0 aromatic heterocycles. The first kappa shape index (κ1) is 19.1. The van der Waals surface area contributed by atoms with Crippen molar-refractivity contribution in [2.75, 3.05) is 25.5 Å². The maximum atomic E-state index is 12.5. The Labute approximate surface area is 158 Å². The minimum Gasteiger partial charge on any atom is -0.490 e. The summed E-state index contributed by atoms with van der Waals surface area (Å²) in [5.41, 5.74) is 1.47. The number of rotatable bonds is 7. The predicted octanol–water partition coefficient (Wildman–Crippen LogP) is 3.00. The third-order valence-corrected chi connectivity index (χ3v) is 6.41. The third-order valence-electron chi connectivity index (χ3n) is 4.50. The van der Waals surface area contributed by atoms with Gasteiger partial charge in [0.25, 0.3) is 0 Å². The van der Waals surface area contributed by atoms with E-state index in [2.05, 4.69) is 5.32 Å². The summed E-state index contributed by atoms with van der Waals surface area (Å²) in [6.07, 6.45) is 1.81. The van der Waals surface area contributed by atoms with E-state index in [9.17, 15) is 18.5 Å². The molecule has 144 valence electrons. The van der Waals surface area contributed by atoms with Gasteiger partial charge in [-0.25, -0.2) is 8.42 Å². The number of nitrogens with one attached hydrogen (secondary N) is 1. The Bertz CT molecular complexity index is 923. The number of sulfonamides is 1. The molecule has 3 rings (SSSR count). The minimum atomic E-state index is -3.41. The molecule has 2 aromatic carbocycles. The number of nitro groups is 1. The van der Waals surface area contributed by atoms with Gasteiger partial charge in [0, 0.05) is 37.5 Å². The Balaban J connectivity index is 1.68. The summed E-state index contributed by atoms with van der Waals surface area (Å²) in [5.74, 6) is 0.178. The summed E-state index contributed by atoms with van der Waals surface area (Å²) in [6, 6.07) is 11.3. The molecule has 0 radical (unpaired) electrons. The summed E-state index contributed by atoms with van der Waals surface area (Å²) >= 11 is 0. The molecule has 0 saturated carbocycles. The van der Waals surface area contributed by atoms with Crippen molar-refractivity contribution in [1.82, 2.24) is 4.31 Å². The smallest absolute Gasteiger partial charge is 0.311 e. The van der Waals surface area contributed by atoms with Gasteiger partial charge in [0.05, 0.1) is 16.9 Å². The maximum Gasteiger partial charge on any atom is 0.311 e. The predicted molar refractivity (Wildman–Crippen MR) is 101 cm³/mol. The average molecular weight is 391 g/mol. The van der Waals surface area contributed by atoms with Crippen LogP contribution in [-0.2, 0) is 16.6 Å². The van der Waals surface area contributed by atoms with Gasteiger partial charge in [0.2, 0.25) is 10.0 Å².